The summed E-state index contributed by atoms with van der Waals surface area (Å²) < 4.78 is 5.41. The maximum Gasteiger partial charge on any atom is 0.337 e. The number of nitrogens with zero attached hydrogens (tertiary/aromatic N) is 1. The predicted molar refractivity (Wildman–Crippen MR) is 90.9 cm³/mol. The van der Waals surface area contributed by atoms with Crippen LogP contribution in [-0.2, 0) is 4.74 Å². The summed E-state index contributed by atoms with van der Waals surface area (Å²) in [5, 5.41) is 2.98. The molecule has 0 bridgehead atoms. The first-order valence-electron chi connectivity index (χ1n) is 7.09. The number of amides is 2. The van der Waals surface area contributed by atoms with Crippen molar-refractivity contribution in [1.29, 1.82) is 0 Å². The molecule has 122 valence electrons. The van der Waals surface area contributed by atoms with Gasteiger partial charge >= 0.3 is 5.97 Å². The van der Waals surface area contributed by atoms with E-state index in [2.05, 4.69) is 26.0 Å². The summed E-state index contributed by atoms with van der Waals surface area (Å²) in [5.41, 5.74) is 1.75. The van der Waals surface area contributed by atoms with Gasteiger partial charge in [0.15, 0.2) is 0 Å². The van der Waals surface area contributed by atoms with Crippen LogP contribution in [0.15, 0.2) is 46.9 Å². The Morgan fingerprint density at radius 2 is 1.88 bits per heavy atom. The highest BCUT2D eigenvalue weighted by atomic mass is 79.9. The Hall–Kier alpha value is -2.67. The molecule has 0 aliphatic carbocycles. The van der Waals surface area contributed by atoms with Crippen LogP contribution in [0.5, 0.6) is 0 Å². The zero-order valence-electron chi connectivity index (χ0n) is 12.7. The van der Waals surface area contributed by atoms with E-state index in [1.54, 1.807) is 42.5 Å². The third kappa shape index (κ3) is 2.90. The number of ether oxygens (including phenoxy) is 1. The van der Waals surface area contributed by atoms with Crippen LogP contribution in [0.25, 0.3) is 0 Å². The number of carbonyl (C=O) groups is 3. The minimum atomic E-state index is -0.454. The van der Waals surface area contributed by atoms with Gasteiger partial charge in [-0.25, -0.2) is 4.79 Å². The average Bonchev–Trinajstić information content (AvgIpc) is 2.83. The van der Waals surface area contributed by atoms with Gasteiger partial charge in [0.1, 0.15) is 0 Å². The molecule has 3 rings (SSSR count). The van der Waals surface area contributed by atoms with E-state index in [0.29, 0.717) is 22.4 Å². The van der Waals surface area contributed by atoms with Crippen LogP contribution in [0, 0.1) is 0 Å². The topological polar surface area (TPSA) is 75.7 Å². The second-order valence-electron chi connectivity index (χ2n) is 5.14. The number of imide groups is 1. The number of carbonyl (C=O) groups excluding carboxylic acids is 3. The Kier molecular flexibility index (Phi) is 4.35. The van der Waals surface area contributed by atoms with E-state index in [0.717, 1.165) is 9.37 Å². The van der Waals surface area contributed by atoms with Crippen molar-refractivity contribution in [2.24, 2.45) is 0 Å². The van der Waals surface area contributed by atoms with E-state index in [9.17, 15) is 14.4 Å². The van der Waals surface area contributed by atoms with Crippen LogP contribution in [0.3, 0.4) is 0 Å². The average molecular weight is 389 g/mol. The Morgan fingerprint density at radius 3 is 2.62 bits per heavy atom. The normalized spacial score (nSPS) is 13.0. The zero-order valence-corrected chi connectivity index (χ0v) is 14.3. The lowest BCUT2D eigenvalue weighted by Gasteiger charge is -2.16. The molecule has 1 aliphatic heterocycles. The molecular weight excluding hydrogens is 376 g/mol. The lowest BCUT2D eigenvalue weighted by Crippen LogP contribution is -2.34. The smallest absolute Gasteiger partial charge is 0.337 e. The van der Waals surface area contributed by atoms with Gasteiger partial charge in [-0.3, -0.25) is 14.5 Å². The second kappa shape index (κ2) is 6.45. The maximum absolute atomic E-state index is 12.4. The number of rotatable bonds is 4. The molecule has 7 heteroatoms. The number of halogens is 1. The number of nitrogens with one attached hydrogen (secondary N) is 1. The fourth-order valence-corrected chi connectivity index (χ4v) is 2.81. The van der Waals surface area contributed by atoms with Crippen molar-refractivity contribution in [2.45, 2.75) is 0 Å². The van der Waals surface area contributed by atoms with Crippen molar-refractivity contribution in [2.75, 3.05) is 19.1 Å². The van der Waals surface area contributed by atoms with Crippen LogP contribution in [-0.4, -0.2) is 36.5 Å². The van der Waals surface area contributed by atoms with E-state index >= 15 is 0 Å². The summed E-state index contributed by atoms with van der Waals surface area (Å²) in [5.74, 6) is -1.16. The molecule has 0 fully saturated rings. The van der Waals surface area contributed by atoms with Crippen molar-refractivity contribution >= 4 is 39.4 Å². The van der Waals surface area contributed by atoms with Gasteiger partial charge in [0, 0.05) is 10.2 Å². The fraction of sp³-hybridized carbons (Fsp3) is 0.118. The van der Waals surface area contributed by atoms with E-state index in [1.165, 1.54) is 7.11 Å². The summed E-state index contributed by atoms with van der Waals surface area (Å²) in [7, 11) is 1.30. The monoisotopic (exact) mass is 388 g/mol. The standard InChI is InChI=1S/C17H13BrN2O4/c1-24-17(23)10-3-2-4-12(7-10)19-9-20-15(21)13-6-5-11(18)8-14(13)16(20)22/h2-8,19H,9H2,1H3. The fourth-order valence-electron chi connectivity index (χ4n) is 2.45. The lowest BCUT2D eigenvalue weighted by molar-refractivity contribution is 0.0598. The van der Waals surface area contributed by atoms with Crippen LogP contribution in [0.4, 0.5) is 5.69 Å². The quantitative estimate of drug-likeness (QED) is 0.643. The van der Waals surface area contributed by atoms with Crippen molar-refractivity contribution in [3.05, 3.63) is 63.6 Å². The highest BCUT2D eigenvalue weighted by molar-refractivity contribution is 9.10. The Morgan fingerprint density at radius 1 is 1.12 bits per heavy atom. The highest BCUT2D eigenvalue weighted by Crippen LogP contribution is 2.26. The van der Waals surface area contributed by atoms with Gasteiger partial charge in [0.2, 0.25) is 0 Å². The van der Waals surface area contributed by atoms with Crippen LogP contribution >= 0.6 is 15.9 Å². The van der Waals surface area contributed by atoms with E-state index in [1.807, 2.05) is 0 Å². The molecule has 6 nitrogen and oxygen atoms in total. The van der Waals surface area contributed by atoms with Gasteiger partial charge in [-0.15, -0.1) is 0 Å². The summed E-state index contributed by atoms with van der Waals surface area (Å²) in [4.78, 5) is 37.4. The van der Waals surface area contributed by atoms with Crippen molar-refractivity contribution in [3.8, 4) is 0 Å². The molecule has 1 aliphatic rings. The van der Waals surface area contributed by atoms with Gasteiger partial charge in [-0.1, -0.05) is 22.0 Å². The maximum atomic E-state index is 12.4. The number of hydrogen-bond donors (Lipinski definition) is 1. The Labute approximate surface area is 146 Å². The van der Waals surface area contributed by atoms with Crippen LogP contribution in [0.2, 0.25) is 0 Å². The minimum Gasteiger partial charge on any atom is -0.465 e. The summed E-state index contributed by atoms with van der Waals surface area (Å²) in [6, 6.07) is 11.6. The number of benzene rings is 2. The van der Waals surface area contributed by atoms with E-state index in [4.69, 9.17) is 0 Å². The number of esters is 1. The molecule has 2 aromatic carbocycles. The molecule has 0 saturated carbocycles. The molecule has 1 heterocycles. The van der Waals surface area contributed by atoms with E-state index < -0.39 is 5.97 Å². The molecule has 0 aromatic heterocycles. The number of anilines is 1. The number of fused-ring (bicyclic) bond motifs is 1. The molecule has 24 heavy (non-hydrogen) atoms. The SMILES string of the molecule is COC(=O)c1cccc(NCN2C(=O)c3ccc(Br)cc3C2=O)c1. The zero-order chi connectivity index (χ0) is 17.3. The first kappa shape index (κ1) is 16.2. The summed E-state index contributed by atoms with van der Waals surface area (Å²) in [6.45, 7) is 0.00852. The predicted octanol–water partition coefficient (Wildman–Crippen LogP) is 2.90. The third-order valence-electron chi connectivity index (χ3n) is 3.66. The van der Waals surface area contributed by atoms with Gasteiger partial charge < -0.3 is 10.1 Å². The summed E-state index contributed by atoms with van der Waals surface area (Å²) in [6.07, 6.45) is 0. The van der Waals surface area contributed by atoms with Crippen molar-refractivity contribution < 1.29 is 19.1 Å². The molecule has 0 saturated heterocycles. The van der Waals surface area contributed by atoms with Gasteiger partial charge in [0.05, 0.1) is 30.5 Å². The second-order valence-corrected chi connectivity index (χ2v) is 6.05. The Balaban J connectivity index is 1.75. The Bertz CT molecular complexity index is 850. The van der Waals surface area contributed by atoms with Crippen LogP contribution < -0.4 is 5.32 Å². The highest BCUT2D eigenvalue weighted by Gasteiger charge is 2.35. The summed E-state index contributed by atoms with van der Waals surface area (Å²) >= 11 is 3.29. The van der Waals surface area contributed by atoms with E-state index in [-0.39, 0.29) is 18.5 Å². The molecule has 2 aromatic rings. The largest absolute Gasteiger partial charge is 0.465 e. The molecule has 0 spiro atoms. The molecule has 0 atom stereocenters. The minimum absolute atomic E-state index is 0.00852. The molecule has 2 amide bonds. The first-order valence-corrected chi connectivity index (χ1v) is 7.88. The molecular formula is C17H13BrN2O4. The van der Waals surface area contributed by atoms with Gasteiger partial charge in [-0.05, 0) is 36.4 Å². The van der Waals surface area contributed by atoms with Crippen LogP contribution in [0.1, 0.15) is 31.1 Å². The molecule has 0 radical (unpaired) electrons. The van der Waals surface area contributed by atoms with Crippen molar-refractivity contribution in [1.82, 2.24) is 4.90 Å². The molecule has 1 N–H and O–H groups in total. The number of hydrogen-bond acceptors (Lipinski definition) is 5. The van der Waals surface area contributed by atoms with Crippen molar-refractivity contribution in [3.63, 3.8) is 0 Å². The van der Waals surface area contributed by atoms with Gasteiger partial charge in [0.25, 0.3) is 11.8 Å². The third-order valence-corrected chi connectivity index (χ3v) is 4.15. The molecule has 0 unspecified atom stereocenters. The van der Waals surface area contributed by atoms with Gasteiger partial charge in [-0.2, -0.15) is 0 Å². The lowest BCUT2D eigenvalue weighted by atomic mass is 10.1. The number of methoxy groups -OCH3 is 1. The first-order chi connectivity index (χ1) is 11.5.